The zero-order chi connectivity index (χ0) is 22.9. The zero-order valence-corrected chi connectivity index (χ0v) is 20.3. The van der Waals surface area contributed by atoms with Gasteiger partial charge in [0.25, 0.3) is 5.91 Å². The molecular weight excluding hydrogens is 502 g/mol. The van der Waals surface area contributed by atoms with Crippen LogP contribution in [0, 0.1) is 0 Å². The smallest absolute Gasteiger partial charge is 0.255 e. The van der Waals surface area contributed by atoms with E-state index in [0.29, 0.717) is 23.0 Å². The molecule has 4 aromatic rings. The Kier molecular flexibility index (Phi) is 5.74. The van der Waals surface area contributed by atoms with E-state index < -0.39 is 6.04 Å². The summed E-state index contributed by atoms with van der Waals surface area (Å²) in [5, 5.41) is 13.1. The third kappa shape index (κ3) is 4.17. The molecule has 1 aliphatic heterocycles. The van der Waals surface area contributed by atoms with Gasteiger partial charge in [-0.1, -0.05) is 34.1 Å². The van der Waals surface area contributed by atoms with Crippen LogP contribution in [0.15, 0.2) is 81.8 Å². The number of nitrogens with zero attached hydrogens (tertiary/aromatic N) is 3. The fourth-order valence-electron chi connectivity index (χ4n) is 3.81. The second kappa shape index (κ2) is 8.84. The molecule has 0 spiro atoms. The van der Waals surface area contributed by atoms with Crippen molar-refractivity contribution >= 4 is 44.8 Å². The summed E-state index contributed by atoms with van der Waals surface area (Å²) in [6, 6.07) is 18.6. The Balaban J connectivity index is 1.57. The third-order valence-corrected chi connectivity index (χ3v) is 6.71. The first-order chi connectivity index (χ1) is 16.0. The van der Waals surface area contributed by atoms with Gasteiger partial charge in [-0.15, -0.1) is 16.4 Å². The first-order valence-corrected chi connectivity index (χ1v) is 11.9. The lowest BCUT2D eigenvalue weighted by molar-refractivity contribution is -0.113. The normalized spacial score (nSPS) is 15.1. The molecule has 1 atom stereocenters. The van der Waals surface area contributed by atoms with E-state index in [0.717, 1.165) is 26.4 Å². The van der Waals surface area contributed by atoms with Crippen molar-refractivity contribution in [3.8, 4) is 16.5 Å². The molecule has 1 unspecified atom stereocenters. The number of hydrogen-bond acceptors (Lipinski definition) is 6. The highest BCUT2D eigenvalue weighted by Crippen LogP contribution is 2.38. The van der Waals surface area contributed by atoms with Crippen LogP contribution in [0.4, 0.5) is 11.6 Å². The highest BCUT2D eigenvalue weighted by Gasteiger charge is 2.34. The van der Waals surface area contributed by atoms with Gasteiger partial charge in [0.2, 0.25) is 5.95 Å². The fraction of sp³-hybridized carbons (Fsp3) is 0.125. The molecule has 2 aromatic carbocycles. The molecule has 0 saturated carbocycles. The fourth-order valence-corrected chi connectivity index (χ4v) is 4.88. The van der Waals surface area contributed by atoms with Gasteiger partial charge in [0.1, 0.15) is 11.8 Å². The standard InChI is InChI=1S/C24H20BrN5O2S/c1-14-20(23(31)27-17-8-10-18(32-2)11-9-17)21(15-5-3-6-16(25)13-15)30-24(26-14)28-22(29-30)19-7-4-12-33-19/h3-13,21H,1-2H3,(H,27,31)(H,26,28,29). The minimum Gasteiger partial charge on any atom is -0.497 e. The number of rotatable bonds is 5. The van der Waals surface area contributed by atoms with Crippen LogP contribution in [0.1, 0.15) is 18.5 Å². The number of carbonyl (C=O) groups excluding carboxylic acids is 1. The van der Waals surface area contributed by atoms with Crippen LogP contribution < -0.4 is 15.4 Å². The maximum absolute atomic E-state index is 13.5. The molecule has 166 valence electrons. The van der Waals surface area contributed by atoms with E-state index in [-0.39, 0.29) is 5.91 Å². The minimum absolute atomic E-state index is 0.214. The van der Waals surface area contributed by atoms with Crippen molar-refractivity contribution in [1.29, 1.82) is 0 Å². The van der Waals surface area contributed by atoms with Gasteiger partial charge in [0.05, 0.1) is 17.6 Å². The van der Waals surface area contributed by atoms with E-state index in [9.17, 15) is 4.79 Å². The number of halogens is 1. The molecule has 1 aliphatic rings. The van der Waals surface area contributed by atoms with Crippen molar-refractivity contribution < 1.29 is 9.53 Å². The van der Waals surface area contributed by atoms with Gasteiger partial charge >= 0.3 is 0 Å². The van der Waals surface area contributed by atoms with E-state index in [4.69, 9.17) is 14.8 Å². The Bertz CT molecular complexity index is 1350. The second-order valence-corrected chi connectivity index (χ2v) is 9.35. The van der Waals surface area contributed by atoms with E-state index in [1.165, 1.54) is 0 Å². The molecule has 0 aliphatic carbocycles. The number of amides is 1. The number of carbonyl (C=O) groups is 1. The van der Waals surface area contributed by atoms with Crippen LogP contribution in [-0.4, -0.2) is 27.8 Å². The Hall–Kier alpha value is -3.43. The number of hydrogen-bond donors (Lipinski definition) is 2. The van der Waals surface area contributed by atoms with Crippen molar-refractivity contribution in [3.63, 3.8) is 0 Å². The summed E-state index contributed by atoms with van der Waals surface area (Å²) in [7, 11) is 1.61. The Morgan fingerprint density at radius 3 is 2.70 bits per heavy atom. The highest BCUT2D eigenvalue weighted by molar-refractivity contribution is 9.10. The lowest BCUT2D eigenvalue weighted by Crippen LogP contribution is -2.31. The summed E-state index contributed by atoms with van der Waals surface area (Å²) in [6.07, 6.45) is 0. The molecule has 2 aromatic heterocycles. The van der Waals surface area contributed by atoms with Crippen molar-refractivity contribution in [3.05, 3.63) is 87.4 Å². The Morgan fingerprint density at radius 2 is 2.00 bits per heavy atom. The maximum Gasteiger partial charge on any atom is 0.255 e. The molecule has 7 nitrogen and oxygen atoms in total. The summed E-state index contributed by atoms with van der Waals surface area (Å²) in [4.78, 5) is 19.2. The third-order valence-electron chi connectivity index (χ3n) is 5.35. The zero-order valence-electron chi connectivity index (χ0n) is 17.9. The summed E-state index contributed by atoms with van der Waals surface area (Å²) in [5.41, 5.74) is 2.90. The van der Waals surface area contributed by atoms with Crippen molar-refractivity contribution in [1.82, 2.24) is 14.8 Å². The maximum atomic E-state index is 13.5. The lowest BCUT2D eigenvalue weighted by atomic mass is 9.95. The van der Waals surface area contributed by atoms with Gasteiger partial charge in [0.15, 0.2) is 5.82 Å². The first kappa shape index (κ1) is 21.4. The van der Waals surface area contributed by atoms with Crippen LogP contribution in [0.5, 0.6) is 5.75 Å². The molecule has 3 heterocycles. The monoisotopic (exact) mass is 521 g/mol. The molecule has 0 fully saturated rings. The summed E-state index contributed by atoms with van der Waals surface area (Å²) in [6.45, 7) is 1.89. The number of nitrogens with one attached hydrogen (secondary N) is 2. The van der Waals surface area contributed by atoms with E-state index in [1.54, 1.807) is 23.1 Å². The molecule has 1 amide bonds. The quantitative estimate of drug-likeness (QED) is 0.351. The van der Waals surface area contributed by atoms with Crippen molar-refractivity contribution in [2.45, 2.75) is 13.0 Å². The van der Waals surface area contributed by atoms with Crippen LogP contribution in [0.25, 0.3) is 10.7 Å². The number of ether oxygens (including phenoxy) is 1. The van der Waals surface area contributed by atoms with Gasteiger partial charge in [-0.25, -0.2) is 4.68 Å². The number of benzene rings is 2. The molecule has 9 heteroatoms. The lowest BCUT2D eigenvalue weighted by Gasteiger charge is -2.28. The molecule has 5 rings (SSSR count). The van der Waals surface area contributed by atoms with Crippen molar-refractivity contribution in [2.75, 3.05) is 17.7 Å². The van der Waals surface area contributed by atoms with Gasteiger partial charge in [0, 0.05) is 15.9 Å². The minimum atomic E-state index is -0.446. The average Bonchev–Trinajstić information content (AvgIpc) is 3.48. The van der Waals surface area contributed by atoms with E-state index in [1.807, 2.05) is 73.0 Å². The molecular formula is C24H20BrN5O2S. The molecule has 0 radical (unpaired) electrons. The van der Waals surface area contributed by atoms with Crippen LogP contribution >= 0.6 is 27.3 Å². The van der Waals surface area contributed by atoms with Gasteiger partial charge in [-0.2, -0.15) is 4.98 Å². The SMILES string of the molecule is COc1ccc(NC(=O)C2=C(C)Nc3nc(-c4cccs4)nn3C2c2cccc(Br)c2)cc1. The number of fused-ring (bicyclic) bond motifs is 1. The van der Waals surface area contributed by atoms with Gasteiger partial charge in [-0.05, 0) is 60.3 Å². The van der Waals surface area contributed by atoms with Crippen LogP contribution in [0.3, 0.4) is 0 Å². The molecule has 0 saturated heterocycles. The first-order valence-electron chi connectivity index (χ1n) is 10.2. The second-order valence-electron chi connectivity index (χ2n) is 7.48. The molecule has 0 bridgehead atoms. The number of methoxy groups -OCH3 is 1. The Labute approximate surface area is 203 Å². The Morgan fingerprint density at radius 1 is 1.18 bits per heavy atom. The predicted octanol–water partition coefficient (Wildman–Crippen LogP) is 5.71. The highest BCUT2D eigenvalue weighted by atomic mass is 79.9. The predicted molar refractivity (Wildman–Crippen MR) is 134 cm³/mol. The molecule has 33 heavy (non-hydrogen) atoms. The van der Waals surface area contributed by atoms with E-state index >= 15 is 0 Å². The average molecular weight is 522 g/mol. The number of anilines is 2. The van der Waals surface area contributed by atoms with Gasteiger partial charge < -0.3 is 15.4 Å². The number of allylic oxidation sites excluding steroid dienone is 1. The largest absolute Gasteiger partial charge is 0.497 e. The molecule has 2 N–H and O–H groups in total. The summed E-state index contributed by atoms with van der Waals surface area (Å²) >= 11 is 5.13. The van der Waals surface area contributed by atoms with Gasteiger partial charge in [-0.3, -0.25) is 4.79 Å². The van der Waals surface area contributed by atoms with Crippen LogP contribution in [-0.2, 0) is 4.79 Å². The number of thiophene rings is 1. The number of aromatic nitrogens is 3. The van der Waals surface area contributed by atoms with E-state index in [2.05, 4.69) is 26.6 Å². The summed E-state index contributed by atoms with van der Waals surface area (Å²) < 4.78 is 7.92. The topological polar surface area (TPSA) is 81.1 Å². The van der Waals surface area contributed by atoms with Crippen LogP contribution in [0.2, 0.25) is 0 Å². The summed E-state index contributed by atoms with van der Waals surface area (Å²) in [5.74, 6) is 1.73. The van der Waals surface area contributed by atoms with Crippen molar-refractivity contribution in [2.24, 2.45) is 0 Å².